The molecule has 0 radical (unpaired) electrons. The number of nitrogens with two attached hydrogens (primary N) is 1. The predicted molar refractivity (Wildman–Crippen MR) is 153 cm³/mol. The Morgan fingerprint density at radius 1 is 1.30 bits per heavy atom. The lowest BCUT2D eigenvalue weighted by molar-refractivity contribution is -0.713. The molecule has 248 valence electrons. The number of thioether (sulfide) groups is 2. The number of β-lactam (4-membered cyclic amide) rings is 1. The van der Waals surface area contributed by atoms with Crippen LogP contribution in [0.5, 0.6) is 0 Å². The van der Waals surface area contributed by atoms with Crippen molar-refractivity contribution in [3.8, 4) is 0 Å². The minimum absolute atomic E-state index is 0.0317. The number of rotatable bonds is 10. The summed E-state index contributed by atoms with van der Waals surface area (Å²) >= 11 is 3.69. The number of oxime groups is 1. The second-order valence-electron chi connectivity index (χ2n) is 9.62. The normalized spacial score (nSPS) is 18.1. The quantitative estimate of drug-likeness (QED) is 0.0600. The van der Waals surface area contributed by atoms with E-state index in [4.69, 9.17) is 20.5 Å². The Morgan fingerprint density at radius 2 is 1.96 bits per heavy atom. The highest BCUT2D eigenvalue weighted by Crippen LogP contribution is 2.41. The van der Waals surface area contributed by atoms with Gasteiger partial charge in [0.05, 0.1) is 13.2 Å². The standard InChI is InChI=1S/C22H23N7O7S3.C2HF3O2/c1-22(2,19(34)35)36-27-12(11-9-38-20(23)25-11)15(30)26-13-16(31)29-14(18(32)33)10(7-37-17(13)29)8-39-21-24-5-4-6-28(21)3;3-2(4,5)1(6)7/h4-6,9,13,17H,7-8H2,1-3H3,(H4-,23,25,26,30,32,33,34,35);(H,6,7)/b27-12-;. The Kier molecular flexibility index (Phi) is 11.2. The summed E-state index contributed by atoms with van der Waals surface area (Å²) in [5.74, 6) is -6.39. The number of thiazole rings is 1. The fourth-order valence-corrected chi connectivity index (χ4v) is 6.49. The third-order valence-electron chi connectivity index (χ3n) is 5.89. The van der Waals surface area contributed by atoms with Crippen LogP contribution in [-0.4, -0.2) is 95.2 Å². The van der Waals surface area contributed by atoms with Gasteiger partial charge in [-0.15, -0.1) is 23.1 Å². The van der Waals surface area contributed by atoms with Crippen molar-refractivity contribution in [1.29, 1.82) is 0 Å². The molecule has 0 aromatic carbocycles. The van der Waals surface area contributed by atoms with Crippen LogP contribution >= 0.6 is 34.9 Å². The number of carboxylic acids is 3. The lowest BCUT2D eigenvalue weighted by Gasteiger charge is -2.49. The smallest absolute Gasteiger partial charge is 0.430 e. The fraction of sp³-hybridized carbons (Fsp3) is 0.375. The highest BCUT2D eigenvalue weighted by molar-refractivity contribution is 8.01. The van der Waals surface area contributed by atoms with E-state index in [1.807, 2.05) is 13.2 Å². The number of alkyl halides is 3. The molecule has 0 bridgehead atoms. The number of carbonyl (C=O) groups excluding carboxylic acids is 3. The molecule has 4 heterocycles. The largest absolute Gasteiger partial charge is 0.542 e. The molecule has 16 nitrogen and oxygen atoms in total. The van der Waals surface area contributed by atoms with Crippen LogP contribution < -0.4 is 20.7 Å². The topological polar surface area (TPSA) is 241 Å². The maximum absolute atomic E-state index is 13.2. The molecule has 4 rings (SSSR count). The Bertz CT molecular complexity index is 1610. The van der Waals surface area contributed by atoms with Crippen molar-refractivity contribution < 1.29 is 61.9 Å². The molecule has 2 unspecified atom stereocenters. The van der Waals surface area contributed by atoms with E-state index < -0.39 is 52.9 Å². The maximum atomic E-state index is 13.2. The zero-order valence-electron chi connectivity index (χ0n) is 23.8. The molecule has 2 aromatic heterocycles. The first kappa shape index (κ1) is 36.0. The molecule has 1 saturated heterocycles. The molecule has 1 fully saturated rings. The number of hydrogen-bond donors (Lipinski definition) is 4. The van der Waals surface area contributed by atoms with Gasteiger partial charge in [0.25, 0.3) is 11.8 Å². The molecular formula is C24H24F3N7O9S3. The Labute approximate surface area is 269 Å². The number of carboxylic acid groups (broad SMARTS) is 3. The molecule has 2 aliphatic heterocycles. The van der Waals surface area contributed by atoms with Crippen molar-refractivity contribution in [2.45, 2.75) is 42.2 Å². The summed E-state index contributed by atoms with van der Waals surface area (Å²) in [4.78, 5) is 73.1. The molecule has 0 aliphatic carbocycles. The van der Waals surface area contributed by atoms with Crippen LogP contribution in [0.3, 0.4) is 0 Å². The molecule has 46 heavy (non-hydrogen) atoms. The number of aromatic nitrogens is 3. The minimum Gasteiger partial charge on any atom is -0.542 e. The van der Waals surface area contributed by atoms with E-state index in [0.29, 0.717) is 22.2 Å². The van der Waals surface area contributed by atoms with Crippen LogP contribution in [0.2, 0.25) is 0 Å². The second-order valence-corrected chi connectivity index (χ2v) is 12.6. The number of fused-ring (bicyclic) bond motifs is 1. The lowest BCUT2D eigenvalue weighted by atomic mass is 10.0. The Morgan fingerprint density at radius 3 is 2.48 bits per heavy atom. The van der Waals surface area contributed by atoms with Gasteiger partial charge in [-0.2, -0.15) is 13.2 Å². The van der Waals surface area contributed by atoms with Gasteiger partial charge < -0.3 is 36.0 Å². The number of carbonyl (C=O) groups is 5. The first-order valence-electron chi connectivity index (χ1n) is 12.5. The third kappa shape index (κ3) is 8.42. The molecular weight excluding hydrogens is 683 g/mol. The first-order valence-corrected chi connectivity index (χ1v) is 15.4. The molecule has 22 heteroatoms. The van der Waals surface area contributed by atoms with Gasteiger partial charge in [0.15, 0.2) is 10.8 Å². The van der Waals surface area contributed by atoms with Gasteiger partial charge in [-0.1, -0.05) is 5.16 Å². The third-order valence-corrected chi connectivity index (χ3v) is 9.04. The monoisotopic (exact) mass is 707 g/mol. The first-order chi connectivity index (χ1) is 21.3. The second kappa shape index (κ2) is 14.3. The average Bonchev–Trinajstić information content (AvgIpc) is 3.40. The van der Waals surface area contributed by atoms with E-state index >= 15 is 0 Å². The van der Waals surface area contributed by atoms with E-state index in [9.17, 15) is 42.6 Å². The van der Waals surface area contributed by atoms with Gasteiger partial charge in [0, 0.05) is 23.0 Å². The SMILES string of the molecule is C[n+]1cccnc1SCC1=C(C(=O)O)N2C(=O)C(NC(=O)/C(=N\OC(C)(C)C(=O)O)c3csc(N)n3)C2SC1.O=C([O-])C(F)(F)F. The minimum atomic E-state index is -5.19. The van der Waals surface area contributed by atoms with E-state index in [0.717, 1.165) is 16.2 Å². The van der Waals surface area contributed by atoms with Crippen LogP contribution in [0.15, 0.2) is 45.4 Å². The lowest BCUT2D eigenvalue weighted by Crippen LogP contribution is -2.71. The zero-order valence-corrected chi connectivity index (χ0v) is 26.3. The number of aliphatic carboxylic acids is 3. The van der Waals surface area contributed by atoms with Gasteiger partial charge in [0.1, 0.15) is 35.0 Å². The van der Waals surface area contributed by atoms with Crippen LogP contribution in [-0.2, 0) is 35.9 Å². The summed E-state index contributed by atoms with van der Waals surface area (Å²) in [6.07, 6.45) is -1.73. The van der Waals surface area contributed by atoms with E-state index in [-0.39, 0.29) is 22.2 Å². The van der Waals surface area contributed by atoms with Gasteiger partial charge in [-0.3, -0.25) is 14.5 Å². The number of hydrogen-bond acceptors (Lipinski definition) is 14. The predicted octanol–water partition coefficient (Wildman–Crippen LogP) is -0.642. The van der Waals surface area contributed by atoms with Crippen LogP contribution in [0, 0.1) is 0 Å². The number of nitrogens with one attached hydrogen (secondary N) is 1. The molecule has 0 saturated carbocycles. The van der Waals surface area contributed by atoms with Gasteiger partial charge in [0.2, 0.25) is 5.60 Å². The summed E-state index contributed by atoms with van der Waals surface area (Å²) in [6, 6.07) is 0.729. The highest BCUT2D eigenvalue weighted by atomic mass is 32.2. The highest BCUT2D eigenvalue weighted by Gasteiger charge is 2.54. The number of halogens is 3. The van der Waals surface area contributed by atoms with Crippen molar-refractivity contribution in [1.82, 2.24) is 20.2 Å². The van der Waals surface area contributed by atoms with Gasteiger partial charge in [-0.25, -0.2) is 19.1 Å². The number of nitrogen functional groups attached to an aromatic ring is 1. The van der Waals surface area contributed by atoms with Crippen molar-refractivity contribution in [3.05, 3.63) is 40.8 Å². The summed E-state index contributed by atoms with van der Waals surface area (Å²) in [5, 5.41) is 35.9. The molecule has 2 aromatic rings. The maximum Gasteiger partial charge on any atom is 0.430 e. The molecule has 2 amide bonds. The summed E-state index contributed by atoms with van der Waals surface area (Å²) in [5.41, 5.74) is 4.02. The van der Waals surface area contributed by atoms with Gasteiger partial charge >= 0.3 is 23.3 Å². The van der Waals surface area contributed by atoms with Crippen molar-refractivity contribution in [2.24, 2.45) is 12.2 Å². The van der Waals surface area contributed by atoms with E-state index in [1.165, 1.54) is 42.8 Å². The molecule has 2 aliphatic rings. The summed E-state index contributed by atoms with van der Waals surface area (Å²) in [6.45, 7) is 2.50. The summed E-state index contributed by atoms with van der Waals surface area (Å²) in [7, 11) is 1.82. The molecule has 0 spiro atoms. The number of aryl methyl sites for hydroxylation is 1. The fourth-order valence-electron chi connectivity index (χ4n) is 3.52. The van der Waals surface area contributed by atoms with E-state index in [2.05, 4.69) is 20.4 Å². The summed E-state index contributed by atoms with van der Waals surface area (Å²) < 4.78 is 33.4. The van der Waals surface area contributed by atoms with Crippen LogP contribution in [0.4, 0.5) is 18.3 Å². The van der Waals surface area contributed by atoms with Crippen LogP contribution in [0.1, 0.15) is 19.5 Å². The number of amides is 2. The van der Waals surface area contributed by atoms with Crippen LogP contribution in [0.25, 0.3) is 0 Å². The van der Waals surface area contributed by atoms with Crippen molar-refractivity contribution in [2.75, 3.05) is 17.2 Å². The molecule has 5 N–H and O–H groups in total. The van der Waals surface area contributed by atoms with Crippen molar-refractivity contribution >= 4 is 75.4 Å². The Hall–Kier alpha value is -4.44. The Balaban J connectivity index is 0.000000738. The number of anilines is 1. The average molecular weight is 708 g/mol. The molecule has 2 atom stereocenters. The van der Waals surface area contributed by atoms with Gasteiger partial charge in [-0.05, 0) is 36.2 Å². The zero-order chi connectivity index (χ0) is 34.6. The van der Waals surface area contributed by atoms with Crippen molar-refractivity contribution in [3.63, 3.8) is 0 Å². The van der Waals surface area contributed by atoms with E-state index in [1.54, 1.807) is 16.8 Å². The number of nitrogens with zero attached hydrogens (tertiary/aromatic N) is 5.